The summed E-state index contributed by atoms with van der Waals surface area (Å²) in [5.74, 6) is 0. The number of rotatable bonds is 3. The van der Waals surface area contributed by atoms with Crippen LogP contribution in [0.2, 0.25) is 5.02 Å². The molecular formula is C16H11ClF3N3O2S. The Labute approximate surface area is 151 Å². The highest BCUT2D eigenvalue weighted by atomic mass is 35.5. The average Bonchev–Trinajstić information content (AvgIpc) is 3.00. The Morgan fingerprint density at radius 3 is 2.00 bits per heavy atom. The van der Waals surface area contributed by atoms with E-state index in [9.17, 15) is 21.6 Å². The van der Waals surface area contributed by atoms with Crippen LogP contribution in [-0.4, -0.2) is 18.6 Å². The van der Waals surface area contributed by atoms with Gasteiger partial charge in [0.1, 0.15) is 11.4 Å². The van der Waals surface area contributed by atoms with Crippen molar-refractivity contribution in [3.05, 3.63) is 59.2 Å². The van der Waals surface area contributed by atoms with Crippen molar-refractivity contribution in [1.82, 2.24) is 10.2 Å². The summed E-state index contributed by atoms with van der Waals surface area (Å²) in [5, 5.41) is 11.2. The molecule has 5 nitrogen and oxygen atoms in total. The molecule has 0 saturated carbocycles. The van der Waals surface area contributed by atoms with E-state index in [4.69, 9.17) is 16.7 Å². The summed E-state index contributed by atoms with van der Waals surface area (Å²) >= 11 is 5.81. The van der Waals surface area contributed by atoms with Gasteiger partial charge in [0.2, 0.25) is 10.0 Å². The fourth-order valence-corrected chi connectivity index (χ4v) is 3.10. The molecule has 0 saturated heterocycles. The average molecular weight is 402 g/mol. The number of nitrogens with one attached hydrogen (secondary N) is 1. The third-order valence-electron chi connectivity index (χ3n) is 3.64. The number of nitrogens with zero attached hydrogens (tertiary/aromatic N) is 1. The molecule has 26 heavy (non-hydrogen) atoms. The predicted octanol–water partition coefficient (Wildman–Crippen LogP) is 4.06. The van der Waals surface area contributed by atoms with Gasteiger partial charge in [-0.1, -0.05) is 35.9 Å². The third-order valence-corrected chi connectivity index (χ3v) is 4.82. The van der Waals surface area contributed by atoms with E-state index in [-0.39, 0.29) is 21.7 Å². The molecule has 0 amide bonds. The lowest BCUT2D eigenvalue weighted by Gasteiger charge is -2.09. The highest BCUT2D eigenvalue weighted by Gasteiger charge is 2.38. The number of primary sulfonamides is 1. The summed E-state index contributed by atoms with van der Waals surface area (Å²) in [6.07, 6.45) is -4.65. The highest BCUT2D eigenvalue weighted by Crippen LogP contribution is 2.41. The molecule has 0 radical (unpaired) electrons. The van der Waals surface area contributed by atoms with Crippen LogP contribution in [-0.2, 0) is 16.2 Å². The van der Waals surface area contributed by atoms with Crippen molar-refractivity contribution in [2.75, 3.05) is 0 Å². The number of aromatic amines is 1. The molecule has 1 aromatic heterocycles. The van der Waals surface area contributed by atoms with Gasteiger partial charge in [-0.2, -0.15) is 18.3 Å². The number of H-pyrrole nitrogens is 1. The quantitative estimate of drug-likeness (QED) is 0.693. The Morgan fingerprint density at radius 1 is 0.962 bits per heavy atom. The van der Waals surface area contributed by atoms with Crippen molar-refractivity contribution in [3.63, 3.8) is 0 Å². The topological polar surface area (TPSA) is 88.8 Å². The zero-order valence-electron chi connectivity index (χ0n) is 12.9. The summed E-state index contributed by atoms with van der Waals surface area (Å²) in [7, 11) is -3.91. The van der Waals surface area contributed by atoms with Crippen LogP contribution in [0.4, 0.5) is 13.2 Å². The molecule has 10 heteroatoms. The van der Waals surface area contributed by atoms with Crippen molar-refractivity contribution in [1.29, 1.82) is 0 Å². The molecular weight excluding hydrogens is 391 g/mol. The maximum atomic E-state index is 13.4. The molecule has 0 fully saturated rings. The standard InChI is InChI=1S/C16H11ClF3N3O2S/c17-11-5-1-9(2-6-11)13-14(22-23-15(13)16(18,19)20)10-3-7-12(8-4-10)26(21,24)25/h1-8H,(H,22,23)(H2,21,24,25). The van der Waals surface area contributed by atoms with Crippen molar-refractivity contribution in [3.8, 4) is 22.4 Å². The smallest absolute Gasteiger partial charge is 0.272 e. The number of aromatic nitrogens is 2. The van der Waals surface area contributed by atoms with E-state index >= 15 is 0 Å². The number of sulfonamides is 1. The van der Waals surface area contributed by atoms with E-state index in [0.29, 0.717) is 10.6 Å². The Bertz CT molecular complexity index is 1040. The van der Waals surface area contributed by atoms with E-state index in [0.717, 1.165) is 0 Å². The first kappa shape index (κ1) is 18.4. The van der Waals surface area contributed by atoms with E-state index in [1.54, 1.807) is 0 Å². The van der Waals surface area contributed by atoms with Crippen LogP contribution in [0.5, 0.6) is 0 Å². The summed E-state index contributed by atoms with van der Waals surface area (Å²) in [5.41, 5.74) is -0.571. The number of halogens is 4. The van der Waals surface area contributed by atoms with Gasteiger partial charge in [0.05, 0.1) is 4.90 Å². The molecule has 0 spiro atoms. The Balaban J connectivity index is 2.19. The molecule has 3 aromatic rings. The van der Waals surface area contributed by atoms with Gasteiger partial charge in [-0.3, -0.25) is 5.10 Å². The van der Waals surface area contributed by atoms with Crippen molar-refractivity contribution in [2.45, 2.75) is 11.1 Å². The lowest BCUT2D eigenvalue weighted by molar-refractivity contribution is -0.140. The molecule has 2 aromatic carbocycles. The number of hydrogen-bond donors (Lipinski definition) is 2. The van der Waals surface area contributed by atoms with E-state index in [1.165, 1.54) is 48.5 Å². The minimum Gasteiger partial charge on any atom is -0.272 e. The SMILES string of the molecule is NS(=O)(=O)c1ccc(-c2n[nH]c(C(F)(F)F)c2-c2ccc(Cl)cc2)cc1. The van der Waals surface area contributed by atoms with Gasteiger partial charge in [0.15, 0.2) is 0 Å². The molecule has 0 aliphatic carbocycles. The number of alkyl halides is 3. The second-order valence-corrected chi connectivity index (χ2v) is 7.39. The van der Waals surface area contributed by atoms with Gasteiger partial charge >= 0.3 is 6.18 Å². The first-order valence-corrected chi connectivity index (χ1v) is 9.04. The van der Waals surface area contributed by atoms with E-state index < -0.39 is 21.9 Å². The number of nitrogens with two attached hydrogens (primary N) is 1. The second kappa shape index (κ2) is 6.42. The molecule has 0 bridgehead atoms. The molecule has 0 unspecified atom stereocenters. The van der Waals surface area contributed by atoms with Crippen LogP contribution >= 0.6 is 11.6 Å². The fraction of sp³-hybridized carbons (Fsp3) is 0.0625. The summed E-state index contributed by atoms with van der Waals surface area (Å²) in [4.78, 5) is -0.152. The normalized spacial score (nSPS) is 12.3. The number of hydrogen-bond acceptors (Lipinski definition) is 3. The van der Waals surface area contributed by atoms with Crippen LogP contribution in [0, 0.1) is 0 Å². The Morgan fingerprint density at radius 2 is 1.50 bits per heavy atom. The van der Waals surface area contributed by atoms with E-state index in [1.807, 2.05) is 5.10 Å². The molecule has 0 aliphatic rings. The Kier molecular flexibility index (Phi) is 4.55. The monoisotopic (exact) mass is 401 g/mol. The van der Waals surface area contributed by atoms with Crippen LogP contribution < -0.4 is 5.14 Å². The molecule has 3 N–H and O–H groups in total. The molecule has 1 heterocycles. The summed E-state index contributed by atoms with van der Waals surface area (Å²) < 4.78 is 62.8. The van der Waals surface area contributed by atoms with Gasteiger partial charge in [-0.25, -0.2) is 13.6 Å². The first-order chi connectivity index (χ1) is 12.1. The minimum absolute atomic E-state index is 0.0283. The summed E-state index contributed by atoms with van der Waals surface area (Å²) in [6, 6.07) is 10.9. The molecule has 3 rings (SSSR count). The molecule has 136 valence electrons. The van der Waals surface area contributed by atoms with Gasteiger partial charge in [-0.15, -0.1) is 0 Å². The zero-order valence-corrected chi connectivity index (χ0v) is 14.5. The van der Waals surface area contributed by atoms with Crippen molar-refractivity contribution < 1.29 is 21.6 Å². The second-order valence-electron chi connectivity index (χ2n) is 5.40. The fourth-order valence-electron chi connectivity index (χ4n) is 2.46. The van der Waals surface area contributed by atoms with Gasteiger partial charge in [0, 0.05) is 16.1 Å². The molecule has 0 atom stereocenters. The van der Waals surface area contributed by atoms with Crippen LogP contribution in [0.15, 0.2) is 53.4 Å². The largest absolute Gasteiger partial charge is 0.433 e. The highest BCUT2D eigenvalue weighted by molar-refractivity contribution is 7.89. The lowest BCUT2D eigenvalue weighted by Crippen LogP contribution is -2.11. The predicted molar refractivity (Wildman–Crippen MR) is 90.8 cm³/mol. The van der Waals surface area contributed by atoms with Crippen LogP contribution in [0.25, 0.3) is 22.4 Å². The summed E-state index contributed by atoms with van der Waals surface area (Å²) in [6.45, 7) is 0. The number of benzene rings is 2. The van der Waals surface area contributed by atoms with Gasteiger partial charge in [-0.05, 0) is 29.8 Å². The first-order valence-electron chi connectivity index (χ1n) is 7.12. The Hall–Kier alpha value is -2.36. The van der Waals surface area contributed by atoms with Gasteiger partial charge in [0.25, 0.3) is 0 Å². The minimum atomic E-state index is -4.65. The van der Waals surface area contributed by atoms with Crippen LogP contribution in [0.3, 0.4) is 0 Å². The molecule has 0 aliphatic heterocycles. The zero-order chi connectivity index (χ0) is 19.1. The van der Waals surface area contributed by atoms with Crippen LogP contribution in [0.1, 0.15) is 5.69 Å². The van der Waals surface area contributed by atoms with E-state index in [2.05, 4.69) is 5.10 Å². The van der Waals surface area contributed by atoms with Gasteiger partial charge < -0.3 is 0 Å². The van der Waals surface area contributed by atoms with Crippen molar-refractivity contribution in [2.24, 2.45) is 5.14 Å². The maximum Gasteiger partial charge on any atom is 0.433 e. The van der Waals surface area contributed by atoms with Crippen molar-refractivity contribution >= 4 is 21.6 Å². The maximum absolute atomic E-state index is 13.4. The lowest BCUT2D eigenvalue weighted by atomic mass is 9.99. The third kappa shape index (κ3) is 3.59.